The van der Waals surface area contributed by atoms with Crippen LogP contribution in [0.4, 0.5) is 0 Å². The van der Waals surface area contributed by atoms with Crippen molar-refractivity contribution in [1.29, 1.82) is 0 Å². The van der Waals surface area contributed by atoms with E-state index in [0.29, 0.717) is 17.9 Å². The number of ether oxygens (including phenoxy) is 2. The molecule has 0 saturated carbocycles. The third-order valence-corrected chi connectivity index (χ3v) is 2.78. The third kappa shape index (κ3) is 3.58. The van der Waals surface area contributed by atoms with E-state index in [0.717, 1.165) is 6.42 Å². The predicted octanol–water partition coefficient (Wildman–Crippen LogP) is 3.09. The number of esters is 1. The molecule has 19 heavy (non-hydrogen) atoms. The van der Waals surface area contributed by atoms with Gasteiger partial charge in [0.05, 0.1) is 13.7 Å². The number of carbonyl (C=O) groups is 1. The highest BCUT2D eigenvalue weighted by molar-refractivity contribution is 5.92. The molecule has 0 amide bonds. The van der Waals surface area contributed by atoms with Crippen molar-refractivity contribution in [2.24, 2.45) is 0 Å². The number of para-hydroxylation sites is 1. The van der Waals surface area contributed by atoms with Crippen molar-refractivity contribution in [3.05, 3.63) is 65.7 Å². The van der Waals surface area contributed by atoms with E-state index in [-0.39, 0.29) is 5.97 Å². The molecular weight excluding hydrogens is 240 g/mol. The lowest BCUT2D eigenvalue weighted by atomic mass is 10.1. The first kappa shape index (κ1) is 13.1. The van der Waals surface area contributed by atoms with E-state index in [9.17, 15) is 4.79 Å². The summed E-state index contributed by atoms with van der Waals surface area (Å²) in [7, 11) is 1.36. The fourth-order valence-corrected chi connectivity index (χ4v) is 1.79. The van der Waals surface area contributed by atoms with Crippen LogP contribution in [-0.4, -0.2) is 19.7 Å². The molecule has 3 heteroatoms. The highest BCUT2D eigenvalue weighted by Crippen LogP contribution is 2.19. The number of carbonyl (C=O) groups excluding carboxylic acids is 1. The molecule has 0 fully saturated rings. The predicted molar refractivity (Wildman–Crippen MR) is 73.4 cm³/mol. The summed E-state index contributed by atoms with van der Waals surface area (Å²) in [5, 5.41) is 0. The maximum atomic E-state index is 11.6. The van der Waals surface area contributed by atoms with Gasteiger partial charge < -0.3 is 9.47 Å². The third-order valence-electron chi connectivity index (χ3n) is 2.78. The quantitative estimate of drug-likeness (QED) is 0.771. The highest BCUT2D eigenvalue weighted by atomic mass is 16.5. The molecule has 0 radical (unpaired) electrons. The van der Waals surface area contributed by atoms with Gasteiger partial charge in [-0.3, -0.25) is 0 Å². The molecule has 0 aliphatic carbocycles. The standard InChI is InChI=1S/C16H16O3/c1-18-16(17)14-9-5-6-10-15(14)19-12-11-13-7-3-2-4-8-13/h2-10H,11-12H2,1H3. The first-order valence-electron chi connectivity index (χ1n) is 6.15. The molecule has 2 rings (SSSR count). The summed E-state index contributed by atoms with van der Waals surface area (Å²) in [5.74, 6) is 0.181. The van der Waals surface area contributed by atoms with E-state index < -0.39 is 0 Å². The molecule has 0 heterocycles. The number of benzene rings is 2. The van der Waals surface area contributed by atoms with Crippen LogP contribution in [0.15, 0.2) is 54.6 Å². The van der Waals surface area contributed by atoms with Crippen LogP contribution in [0.1, 0.15) is 15.9 Å². The van der Waals surface area contributed by atoms with Gasteiger partial charge in [0.25, 0.3) is 0 Å². The molecule has 3 nitrogen and oxygen atoms in total. The maximum absolute atomic E-state index is 11.6. The minimum atomic E-state index is -0.379. The Balaban J connectivity index is 1.98. The van der Waals surface area contributed by atoms with Crippen molar-refractivity contribution >= 4 is 5.97 Å². The smallest absolute Gasteiger partial charge is 0.341 e. The second-order valence-electron chi connectivity index (χ2n) is 4.07. The van der Waals surface area contributed by atoms with Crippen molar-refractivity contribution in [2.45, 2.75) is 6.42 Å². The van der Waals surface area contributed by atoms with E-state index >= 15 is 0 Å². The molecule has 0 aromatic heterocycles. The zero-order chi connectivity index (χ0) is 13.5. The second-order valence-corrected chi connectivity index (χ2v) is 4.07. The van der Waals surface area contributed by atoms with Crippen molar-refractivity contribution in [3.63, 3.8) is 0 Å². The first-order chi connectivity index (χ1) is 9.31. The molecule has 0 saturated heterocycles. The van der Waals surface area contributed by atoms with E-state index in [2.05, 4.69) is 12.1 Å². The van der Waals surface area contributed by atoms with Gasteiger partial charge in [0.15, 0.2) is 0 Å². The van der Waals surface area contributed by atoms with Gasteiger partial charge in [0.2, 0.25) is 0 Å². The van der Waals surface area contributed by atoms with Gasteiger partial charge in [-0.2, -0.15) is 0 Å². The van der Waals surface area contributed by atoms with Crippen molar-refractivity contribution in [1.82, 2.24) is 0 Å². The summed E-state index contributed by atoms with van der Waals surface area (Å²) in [6.07, 6.45) is 0.802. The first-order valence-corrected chi connectivity index (χ1v) is 6.15. The molecule has 2 aromatic carbocycles. The average Bonchev–Trinajstić information content (AvgIpc) is 2.48. The molecule has 0 aliphatic rings. The Bertz CT molecular complexity index is 535. The van der Waals surface area contributed by atoms with E-state index in [1.165, 1.54) is 12.7 Å². The van der Waals surface area contributed by atoms with Crippen LogP contribution < -0.4 is 4.74 Å². The number of methoxy groups -OCH3 is 1. The lowest BCUT2D eigenvalue weighted by molar-refractivity contribution is 0.0596. The van der Waals surface area contributed by atoms with Crippen LogP contribution in [0.3, 0.4) is 0 Å². The normalized spacial score (nSPS) is 9.95. The molecule has 98 valence electrons. The molecule has 2 aromatic rings. The van der Waals surface area contributed by atoms with Gasteiger partial charge in [-0.25, -0.2) is 4.79 Å². The number of rotatable bonds is 5. The Hall–Kier alpha value is -2.29. The van der Waals surface area contributed by atoms with Crippen LogP contribution in [-0.2, 0) is 11.2 Å². The lowest BCUT2D eigenvalue weighted by Crippen LogP contribution is -2.07. The molecule has 0 atom stereocenters. The summed E-state index contributed by atoms with van der Waals surface area (Å²) in [5.41, 5.74) is 1.66. The maximum Gasteiger partial charge on any atom is 0.341 e. The van der Waals surface area contributed by atoms with Crippen LogP contribution in [0.2, 0.25) is 0 Å². The fraction of sp³-hybridized carbons (Fsp3) is 0.188. The highest BCUT2D eigenvalue weighted by Gasteiger charge is 2.11. The summed E-state index contributed by atoms with van der Waals surface area (Å²) in [4.78, 5) is 11.6. The summed E-state index contributed by atoms with van der Waals surface area (Å²) in [6, 6.07) is 17.2. The molecule has 0 spiro atoms. The minimum Gasteiger partial charge on any atom is -0.492 e. The minimum absolute atomic E-state index is 0.379. The Labute approximate surface area is 112 Å². The van der Waals surface area contributed by atoms with Gasteiger partial charge in [0.1, 0.15) is 11.3 Å². The fourth-order valence-electron chi connectivity index (χ4n) is 1.79. The Morgan fingerprint density at radius 3 is 2.42 bits per heavy atom. The van der Waals surface area contributed by atoms with Crippen LogP contribution in [0, 0.1) is 0 Å². The Kier molecular flexibility index (Phi) is 4.56. The molecule has 0 bridgehead atoms. The zero-order valence-corrected chi connectivity index (χ0v) is 10.8. The second kappa shape index (κ2) is 6.59. The molecule has 0 aliphatic heterocycles. The summed E-state index contributed by atoms with van der Waals surface area (Å²) in [6.45, 7) is 0.526. The lowest BCUT2D eigenvalue weighted by Gasteiger charge is -2.10. The SMILES string of the molecule is COC(=O)c1ccccc1OCCc1ccccc1. The average molecular weight is 256 g/mol. The largest absolute Gasteiger partial charge is 0.492 e. The number of hydrogen-bond donors (Lipinski definition) is 0. The monoisotopic (exact) mass is 256 g/mol. The van der Waals surface area contributed by atoms with Gasteiger partial charge in [0, 0.05) is 6.42 Å². The van der Waals surface area contributed by atoms with Crippen LogP contribution in [0.25, 0.3) is 0 Å². The van der Waals surface area contributed by atoms with Gasteiger partial charge in [-0.05, 0) is 17.7 Å². The molecular formula is C16H16O3. The van der Waals surface area contributed by atoms with Crippen LogP contribution in [0.5, 0.6) is 5.75 Å². The van der Waals surface area contributed by atoms with Gasteiger partial charge in [-0.15, -0.1) is 0 Å². The van der Waals surface area contributed by atoms with E-state index in [1.807, 2.05) is 24.3 Å². The topological polar surface area (TPSA) is 35.5 Å². The van der Waals surface area contributed by atoms with Crippen molar-refractivity contribution in [3.8, 4) is 5.75 Å². The van der Waals surface area contributed by atoms with Crippen molar-refractivity contribution in [2.75, 3.05) is 13.7 Å². The molecule has 0 unspecified atom stereocenters. The summed E-state index contributed by atoms with van der Waals surface area (Å²) < 4.78 is 10.4. The Morgan fingerprint density at radius 2 is 1.68 bits per heavy atom. The Morgan fingerprint density at radius 1 is 1.00 bits per heavy atom. The van der Waals surface area contributed by atoms with E-state index in [4.69, 9.17) is 9.47 Å². The van der Waals surface area contributed by atoms with Crippen LogP contribution >= 0.6 is 0 Å². The summed E-state index contributed by atoms with van der Waals surface area (Å²) >= 11 is 0. The molecule has 0 N–H and O–H groups in total. The zero-order valence-electron chi connectivity index (χ0n) is 10.8. The van der Waals surface area contributed by atoms with Gasteiger partial charge in [-0.1, -0.05) is 42.5 Å². The van der Waals surface area contributed by atoms with Crippen molar-refractivity contribution < 1.29 is 14.3 Å². The van der Waals surface area contributed by atoms with E-state index in [1.54, 1.807) is 18.2 Å². The number of hydrogen-bond acceptors (Lipinski definition) is 3. The van der Waals surface area contributed by atoms with Gasteiger partial charge >= 0.3 is 5.97 Å².